The summed E-state index contributed by atoms with van der Waals surface area (Å²) in [7, 11) is -3.60. The van der Waals surface area contributed by atoms with Crippen LogP contribution in [0.1, 0.15) is 19.3 Å². The Bertz CT molecular complexity index is 633. The number of rotatable bonds is 8. The molecule has 0 aliphatic carbocycles. The highest BCUT2D eigenvalue weighted by molar-refractivity contribution is 7.89. The highest BCUT2D eigenvalue weighted by Crippen LogP contribution is 2.19. The Morgan fingerprint density at radius 2 is 2.17 bits per heavy atom. The first kappa shape index (κ1) is 20.9. The number of nitrogens with one attached hydrogen (secondary N) is 2. The molecular formula is C15H24ClN3O4S. The molecule has 0 spiro atoms. The highest BCUT2D eigenvalue weighted by atomic mass is 35.5. The molecule has 1 fully saturated rings. The molecule has 0 radical (unpaired) electrons. The molecule has 1 heterocycles. The minimum Gasteiger partial charge on any atom is -0.381 e. The zero-order chi connectivity index (χ0) is 16.7. The van der Waals surface area contributed by atoms with Gasteiger partial charge in [0, 0.05) is 38.4 Å². The molecule has 0 aromatic heterocycles. The van der Waals surface area contributed by atoms with Crippen LogP contribution in [-0.4, -0.2) is 40.6 Å². The van der Waals surface area contributed by atoms with E-state index in [1.165, 1.54) is 12.1 Å². The third kappa shape index (κ3) is 6.37. The van der Waals surface area contributed by atoms with Gasteiger partial charge in [-0.25, -0.2) is 13.1 Å². The second kappa shape index (κ2) is 9.95. The van der Waals surface area contributed by atoms with Crippen LogP contribution in [0.25, 0.3) is 0 Å². The first-order valence-corrected chi connectivity index (χ1v) is 9.17. The van der Waals surface area contributed by atoms with Crippen molar-refractivity contribution in [3.8, 4) is 0 Å². The number of carbonyl (C=O) groups excluding carboxylic acids is 1. The summed E-state index contributed by atoms with van der Waals surface area (Å²) in [5, 5.41) is 2.74. The van der Waals surface area contributed by atoms with Crippen LogP contribution in [0.4, 0.5) is 5.69 Å². The van der Waals surface area contributed by atoms with Gasteiger partial charge in [-0.1, -0.05) is 6.07 Å². The van der Waals surface area contributed by atoms with Gasteiger partial charge >= 0.3 is 0 Å². The van der Waals surface area contributed by atoms with Crippen LogP contribution in [0.15, 0.2) is 29.2 Å². The summed E-state index contributed by atoms with van der Waals surface area (Å²) < 4.78 is 31.7. The maximum absolute atomic E-state index is 12.0. The second-order valence-electron chi connectivity index (χ2n) is 5.53. The lowest BCUT2D eigenvalue weighted by Crippen LogP contribution is -2.29. The predicted octanol–water partition coefficient (Wildman–Crippen LogP) is 1.10. The van der Waals surface area contributed by atoms with Gasteiger partial charge in [0.05, 0.1) is 4.90 Å². The van der Waals surface area contributed by atoms with E-state index in [4.69, 9.17) is 10.5 Å². The van der Waals surface area contributed by atoms with Gasteiger partial charge in [-0.3, -0.25) is 4.79 Å². The van der Waals surface area contributed by atoms with Crippen LogP contribution in [0.5, 0.6) is 0 Å². The number of nitrogens with two attached hydrogens (primary N) is 1. The average molecular weight is 378 g/mol. The highest BCUT2D eigenvalue weighted by Gasteiger charge is 2.17. The van der Waals surface area contributed by atoms with Crippen molar-refractivity contribution in [2.75, 3.05) is 31.6 Å². The van der Waals surface area contributed by atoms with Crippen LogP contribution in [0.2, 0.25) is 0 Å². The van der Waals surface area contributed by atoms with E-state index in [2.05, 4.69) is 10.0 Å². The molecule has 9 heteroatoms. The minimum absolute atomic E-state index is 0. The van der Waals surface area contributed by atoms with E-state index in [0.717, 1.165) is 19.4 Å². The fourth-order valence-corrected chi connectivity index (χ4v) is 3.48. The Balaban J connectivity index is 0.00000288. The number of amides is 1. The number of hydrogen-bond acceptors (Lipinski definition) is 5. The second-order valence-corrected chi connectivity index (χ2v) is 7.30. The summed E-state index contributed by atoms with van der Waals surface area (Å²) >= 11 is 0. The number of carbonyl (C=O) groups is 1. The van der Waals surface area contributed by atoms with Crippen molar-refractivity contribution in [1.82, 2.24) is 4.72 Å². The van der Waals surface area contributed by atoms with Crippen molar-refractivity contribution in [3.63, 3.8) is 0 Å². The number of sulfonamides is 1. The number of hydrogen-bond donors (Lipinski definition) is 3. The van der Waals surface area contributed by atoms with Gasteiger partial charge < -0.3 is 15.8 Å². The molecule has 1 amide bonds. The Morgan fingerprint density at radius 1 is 1.38 bits per heavy atom. The topological polar surface area (TPSA) is 111 Å². The molecule has 1 unspecified atom stereocenters. The van der Waals surface area contributed by atoms with Crippen molar-refractivity contribution in [3.05, 3.63) is 24.3 Å². The maximum Gasteiger partial charge on any atom is 0.240 e. The summed E-state index contributed by atoms with van der Waals surface area (Å²) in [5.41, 5.74) is 5.77. The first-order chi connectivity index (χ1) is 11.0. The number of benzene rings is 1. The van der Waals surface area contributed by atoms with Crippen LogP contribution < -0.4 is 15.8 Å². The van der Waals surface area contributed by atoms with E-state index in [1.54, 1.807) is 12.1 Å². The predicted molar refractivity (Wildman–Crippen MR) is 94.7 cm³/mol. The quantitative estimate of drug-likeness (QED) is 0.628. The van der Waals surface area contributed by atoms with Crippen LogP contribution in [0.3, 0.4) is 0 Å². The Labute approximate surface area is 148 Å². The minimum atomic E-state index is -3.60. The molecule has 2 rings (SSSR count). The zero-order valence-electron chi connectivity index (χ0n) is 13.4. The van der Waals surface area contributed by atoms with E-state index in [9.17, 15) is 13.2 Å². The summed E-state index contributed by atoms with van der Waals surface area (Å²) in [6.07, 6.45) is 2.17. The molecule has 1 aromatic rings. The van der Waals surface area contributed by atoms with Crippen molar-refractivity contribution >= 4 is 34.0 Å². The van der Waals surface area contributed by atoms with Crippen molar-refractivity contribution < 1.29 is 17.9 Å². The monoisotopic (exact) mass is 377 g/mol. The third-order valence-electron chi connectivity index (χ3n) is 3.67. The summed E-state index contributed by atoms with van der Waals surface area (Å²) in [6.45, 7) is 1.87. The van der Waals surface area contributed by atoms with Gasteiger partial charge in [-0.2, -0.15) is 0 Å². The fourth-order valence-electron chi connectivity index (χ4n) is 2.39. The average Bonchev–Trinajstić information content (AvgIpc) is 3.05. The van der Waals surface area contributed by atoms with Gasteiger partial charge in [-0.05, 0) is 37.0 Å². The maximum atomic E-state index is 12.0. The van der Waals surface area contributed by atoms with Crippen molar-refractivity contribution in [1.29, 1.82) is 0 Å². The molecule has 1 aromatic carbocycles. The van der Waals surface area contributed by atoms with E-state index < -0.39 is 10.0 Å². The van der Waals surface area contributed by atoms with Crippen LogP contribution >= 0.6 is 12.4 Å². The van der Waals surface area contributed by atoms with Gasteiger partial charge in [0.25, 0.3) is 0 Å². The smallest absolute Gasteiger partial charge is 0.240 e. The van der Waals surface area contributed by atoms with Gasteiger partial charge in [-0.15, -0.1) is 12.4 Å². The molecule has 0 bridgehead atoms. The van der Waals surface area contributed by atoms with Crippen molar-refractivity contribution in [2.45, 2.75) is 24.2 Å². The van der Waals surface area contributed by atoms with E-state index in [-0.39, 0.29) is 36.3 Å². The third-order valence-corrected chi connectivity index (χ3v) is 5.13. The van der Waals surface area contributed by atoms with E-state index >= 15 is 0 Å². The lowest BCUT2D eigenvalue weighted by atomic mass is 10.0. The molecule has 24 heavy (non-hydrogen) atoms. The Morgan fingerprint density at radius 3 is 2.83 bits per heavy atom. The molecule has 1 aliphatic rings. The molecular weight excluding hydrogens is 354 g/mol. The first-order valence-electron chi connectivity index (χ1n) is 7.68. The van der Waals surface area contributed by atoms with E-state index in [0.29, 0.717) is 24.6 Å². The summed E-state index contributed by atoms with van der Waals surface area (Å²) in [4.78, 5) is 12.1. The molecule has 7 nitrogen and oxygen atoms in total. The van der Waals surface area contributed by atoms with Crippen LogP contribution in [0, 0.1) is 5.92 Å². The lowest BCUT2D eigenvalue weighted by molar-refractivity contribution is -0.116. The lowest BCUT2D eigenvalue weighted by Gasteiger charge is -2.10. The molecule has 136 valence electrons. The van der Waals surface area contributed by atoms with Gasteiger partial charge in [0.1, 0.15) is 0 Å². The Kier molecular flexibility index (Phi) is 8.65. The largest absolute Gasteiger partial charge is 0.381 e. The van der Waals surface area contributed by atoms with Gasteiger partial charge in [0.2, 0.25) is 15.9 Å². The molecule has 0 saturated carbocycles. The van der Waals surface area contributed by atoms with E-state index in [1.807, 2.05) is 0 Å². The number of ether oxygens (including phenoxy) is 1. The molecule has 4 N–H and O–H groups in total. The Hall–Kier alpha value is -1.19. The fraction of sp³-hybridized carbons (Fsp3) is 0.533. The standard InChI is InChI=1S/C15H23N3O4S.ClH/c16-7-8-17-23(20,21)14-3-1-2-13(10-14)18-15(19)5-4-12-6-9-22-11-12;/h1-3,10,12,17H,4-9,11,16H2,(H,18,19);1H. The van der Waals surface area contributed by atoms with Gasteiger partial charge in [0.15, 0.2) is 0 Å². The summed E-state index contributed by atoms with van der Waals surface area (Å²) in [6, 6.07) is 6.18. The summed E-state index contributed by atoms with van der Waals surface area (Å²) in [5.74, 6) is 0.314. The number of anilines is 1. The van der Waals surface area contributed by atoms with Crippen molar-refractivity contribution in [2.24, 2.45) is 11.7 Å². The SMILES string of the molecule is Cl.NCCNS(=O)(=O)c1cccc(NC(=O)CCC2CCOC2)c1. The molecule has 1 aliphatic heterocycles. The molecule has 1 saturated heterocycles. The normalized spacial score (nSPS) is 17.3. The van der Waals surface area contributed by atoms with Crippen LogP contribution in [-0.2, 0) is 19.6 Å². The molecule has 1 atom stereocenters. The number of halogens is 1. The zero-order valence-corrected chi connectivity index (χ0v) is 15.0.